The van der Waals surface area contributed by atoms with Gasteiger partial charge in [-0.3, -0.25) is 4.90 Å². The number of aromatic nitrogens is 1. The summed E-state index contributed by atoms with van der Waals surface area (Å²) in [4.78, 5) is 9.35. The fourth-order valence-corrected chi connectivity index (χ4v) is 4.27. The number of hydrogen-bond acceptors (Lipinski definition) is 5. The highest BCUT2D eigenvalue weighted by molar-refractivity contribution is 6.00. The summed E-state index contributed by atoms with van der Waals surface area (Å²) in [5.41, 5.74) is 9.60. The van der Waals surface area contributed by atoms with Gasteiger partial charge in [0.15, 0.2) is 0 Å². The van der Waals surface area contributed by atoms with Gasteiger partial charge in [0, 0.05) is 43.6 Å². The van der Waals surface area contributed by atoms with E-state index in [4.69, 9.17) is 5.73 Å². The fourth-order valence-electron chi connectivity index (χ4n) is 4.27. The molecule has 1 aliphatic rings. The maximum Gasteiger partial charge on any atom is 0.135 e. The Hall–Kier alpha value is -2.79. The van der Waals surface area contributed by atoms with Crippen LogP contribution < -0.4 is 16.0 Å². The number of rotatable bonds is 6. The first-order valence-corrected chi connectivity index (χ1v) is 10.5. The molecule has 5 heteroatoms. The van der Waals surface area contributed by atoms with Gasteiger partial charge in [0.05, 0.1) is 6.04 Å². The molecule has 152 valence electrons. The smallest absolute Gasteiger partial charge is 0.135 e. The molecule has 1 saturated heterocycles. The molecule has 1 unspecified atom stereocenters. The van der Waals surface area contributed by atoms with Crippen LogP contribution in [0.15, 0.2) is 54.7 Å². The molecule has 1 aromatic heterocycles. The lowest BCUT2D eigenvalue weighted by atomic mass is 10.0. The summed E-state index contributed by atoms with van der Waals surface area (Å²) in [7, 11) is 4.16. The van der Waals surface area contributed by atoms with Crippen molar-refractivity contribution in [1.29, 1.82) is 0 Å². The van der Waals surface area contributed by atoms with E-state index in [2.05, 4.69) is 64.5 Å². The second kappa shape index (κ2) is 8.70. The van der Waals surface area contributed by atoms with Gasteiger partial charge >= 0.3 is 0 Å². The molecule has 0 saturated carbocycles. The van der Waals surface area contributed by atoms with Crippen molar-refractivity contribution in [2.24, 2.45) is 0 Å². The third-order valence-electron chi connectivity index (χ3n) is 5.91. The normalized spacial score (nSPS) is 15.9. The molecule has 1 aliphatic heterocycles. The van der Waals surface area contributed by atoms with Crippen LogP contribution in [0.1, 0.15) is 30.9 Å². The van der Waals surface area contributed by atoms with E-state index in [0.29, 0.717) is 6.04 Å². The van der Waals surface area contributed by atoms with Crippen LogP contribution in [0.25, 0.3) is 10.8 Å². The van der Waals surface area contributed by atoms with Crippen LogP contribution in [0.4, 0.5) is 17.2 Å². The van der Waals surface area contributed by atoms with Gasteiger partial charge in [0.25, 0.3) is 0 Å². The number of nitrogens with two attached hydrogens (primary N) is 1. The van der Waals surface area contributed by atoms with Crippen LogP contribution in [0.2, 0.25) is 0 Å². The SMILES string of the molecule is CN(C)c1ccc(C(CNc2nccc3cccc(N)c23)N2CCCCC2)cc1. The van der Waals surface area contributed by atoms with Crippen LogP contribution in [0.3, 0.4) is 0 Å². The molecule has 1 atom stereocenters. The highest BCUT2D eigenvalue weighted by Gasteiger charge is 2.23. The lowest BCUT2D eigenvalue weighted by Crippen LogP contribution is -2.37. The number of hydrogen-bond donors (Lipinski definition) is 2. The van der Waals surface area contributed by atoms with Crippen LogP contribution in [-0.4, -0.2) is 43.6 Å². The quantitative estimate of drug-likeness (QED) is 0.607. The van der Waals surface area contributed by atoms with Crippen molar-refractivity contribution < 1.29 is 0 Å². The Bertz CT molecular complexity index is 940. The molecule has 3 N–H and O–H groups in total. The second-order valence-electron chi connectivity index (χ2n) is 8.08. The Morgan fingerprint density at radius 2 is 1.79 bits per heavy atom. The topological polar surface area (TPSA) is 57.4 Å². The molecule has 4 rings (SSSR count). The number of anilines is 3. The van der Waals surface area contributed by atoms with E-state index in [1.54, 1.807) is 0 Å². The van der Waals surface area contributed by atoms with Crippen molar-refractivity contribution in [2.45, 2.75) is 25.3 Å². The van der Waals surface area contributed by atoms with Gasteiger partial charge in [-0.2, -0.15) is 0 Å². The lowest BCUT2D eigenvalue weighted by molar-refractivity contribution is 0.170. The van der Waals surface area contributed by atoms with Crippen LogP contribution >= 0.6 is 0 Å². The van der Waals surface area contributed by atoms with E-state index in [1.165, 1.54) is 30.5 Å². The predicted molar refractivity (Wildman–Crippen MR) is 124 cm³/mol. The van der Waals surface area contributed by atoms with Crippen molar-refractivity contribution in [1.82, 2.24) is 9.88 Å². The first-order valence-electron chi connectivity index (χ1n) is 10.5. The molecular weight excluding hydrogens is 358 g/mol. The highest BCUT2D eigenvalue weighted by atomic mass is 15.2. The van der Waals surface area contributed by atoms with E-state index in [1.807, 2.05) is 24.4 Å². The summed E-state index contributed by atoms with van der Waals surface area (Å²) >= 11 is 0. The zero-order chi connectivity index (χ0) is 20.2. The maximum atomic E-state index is 6.27. The Morgan fingerprint density at radius 1 is 1.03 bits per heavy atom. The predicted octanol–water partition coefficient (Wildman–Crippen LogP) is 4.52. The molecule has 0 bridgehead atoms. The average molecular weight is 390 g/mol. The molecule has 0 radical (unpaired) electrons. The Morgan fingerprint density at radius 3 is 2.52 bits per heavy atom. The first kappa shape index (κ1) is 19.5. The fraction of sp³-hybridized carbons (Fsp3) is 0.375. The minimum atomic E-state index is 0.313. The van der Waals surface area contributed by atoms with Crippen LogP contribution in [0.5, 0.6) is 0 Å². The van der Waals surface area contributed by atoms with Gasteiger partial charge in [-0.1, -0.05) is 30.7 Å². The molecule has 5 nitrogen and oxygen atoms in total. The zero-order valence-corrected chi connectivity index (χ0v) is 17.4. The minimum Gasteiger partial charge on any atom is -0.398 e. The van der Waals surface area contributed by atoms with Gasteiger partial charge < -0.3 is 16.0 Å². The van der Waals surface area contributed by atoms with Crippen LogP contribution in [0, 0.1) is 0 Å². The molecule has 2 heterocycles. The molecule has 3 aromatic rings. The summed E-state index contributed by atoms with van der Waals surface area (Å²) in [5.74, 6) is 0.868. The molecule has 29 heavy (non-hydrogen) atoms. The molecule has 2 aromatic carbocycles. The number of pyridine rings is 1. The van der Waals surface area contributed by atoms with Crippen molar-refractivity contribution >= 4 is 28.0 Å². The minimum absolute atomic E-state index is 0.313. The largest absolute Gasteiger partial charge is 0.398 e. The van der Waals surface area contributed by atoms with Crippen LogP contribution in [-0.2, 0) is 0 Å². The summed E-state index contributed by atoms with van der Waals surface area (Å²) in [5, 5.41) is 5.75. The third-order valence-corrected chi connectivity index (χ3v) is 5.91. The standard InChI is InChI=1S/C24H31N5/c1-28(2)20-11-9-18(10-12-20)22(29-15-4-3-5-16-29)17-27-24-23-19(13-14-26-24)7-6-8-21(23)25/h6-14,22H,3-5,15-17,25H2,1-2H3,(H,26,27). The second-order valence-corrected chi connectivity index (χ2v) is 8.08. The number of nitrogens with one attached hydrogen (secondary N) is 1. The van der Waals surface area contributed by atoms with Gasteiger partial charge in [-0.15, -0.1) is 0 Å². The van der Waals surface area contributed by atoms with Crippen molar-refractivity contribution in [3.63, 3.8) is 0 Å². The maximum absolute atomic E-state index is 6.27. The van der Waals surface area contributed by atoms with E-state index in [-0.39, 0.29) is 0 Å². The zero-order valence-electron chi connectivity index (χ0n) is 17.4. The van der Waals surface area contributed by atoms with E-state index >= 15 is 0 Å². The lowest BCUT2D eigenvalue weighted by Gasteiger charge is -2.35. The summed E-state index contributed by atoms with van der Waals surface area (Å²) in [6, 6.07) is 17.3. The third kappa shape index (κ3) is 4.30. The summed E-state index contributed by atoms with van der Waals surface area (Å²) in [6.07, 6.45) is 5.72. The molecule has 0 aliphatic carbocycles. The molecule has 1 fully saturated rings. The van der Waals surface area contributed by atoms with Gasteiger partial charge in [-0.25, -0.2) is 4.98 Å². The summed E-state index contributed by atoms with van der Waals surface area (Å²) in [6.45, 7) is 3.10. The number of benzene rings is 2. The van der Waals surface area contributed by atoms with E-state index < -0.39 is 0 Å². The number of piperidine rings is 1. The monoisotopic (exact) mass is 389 g/mol. The molecule has 0 amide bonds. The van der Waals surface area contributed by atoms with E-state index in [0.717, 1.165) is 41.9 Å². The summed E-state index contributed by atoms with van der Waals surface area (Å²) < 4.78 is 0. The van der Waals surface area contributed by atoms with Gasteiger partial charge in [0.1, 0.15) is 5.82 Å². The molecular formula is C24H31N5. The van der Waals surface area contributed by atoms with Gasteiger partial charge in [0.2, 0.25) is 0 Å². The highest BCUT2D eigenvalue weighted by Crippen LogP contribution is 2.30. The van der Waals surface area contributed by atoms with E-state index in [9.17, 15) is 0 Å². The number of likely N-dealkylation sites (tertiary alicyclic amines) is 1. The number of nitrogens with zero attached hydrogens (tertiary/aromatic N) is 3. The van der Waals surface area contributed by atoms with Crippen molar-refractivity contribution in [3.05, 3.63) is 60.3 Å². The van der Waals surface area contributed by atoms with Crippen molar-refractivity contribution in [3.8, 4) is 0 Å². The Balaban J connectivity index is 1.61. The van der Waals surface area contributed by atoms with Crippen molar-refractivity contribution in [2.75, 3.05) is 49.7 Å². The Labute approximate surface area is 173 Å². The van der Waals surface area contributed by atoms with Gasteiger partial charge in [-0.05, 0) is 61.1 Å². The Kier molecular flexibility index (Phi) is 5.86. The molecule has 0 spiro atoms. The number of nitrogen functional groups attached to an aromatic ring is 1. The number of fused-ring (bicyclic) bond motifs is 1. The first-order chi connectivity index (χ1) is 14.1. The average Bonchev–Trinajstić information content (AvgIpc) is 2.75.